The van der Waals surface area contributed by atoms with Gasteiger partial charge in [0.05, 0.1) is 0 Å². The van der Waals surface area contributed by atoms with Crippen LogP contribution in [0.15, 0.2) is 24.3 Å². The summed E-state index contributed by atoms with van der Waals surface area (Å²) in [5, 5.41) is 3.57. The number of nitrogens with one attached hydrogen (secondary N) is 1. The molecule has 0 aromatic heterocycles. The second kappa shape index (κ2) is 5.33. The molecular weight excluding hydrogens is 236 g/mol. The Morgan fingerprint density at radius 1 is 1.32 bits per heavy atom. The van der Waals surface area contributed by atoms with Gasteiger partial charge in [0.15, 0.2) is 5.78 Å². The van der Waals surface area contributed by atoms with Crippen LogP contribution < -0.4 is 10.2 Å². The lowest BCUT2D eigenvalue weighted by atomic mass is 9.93. The molecule has 0 amide bonds. The van der Waals surface area contributed by atoms with E-state index in [0.29, 0.717) is 6.04 Å². The average molecular weight is 260 g/mol. The van der Waals surface area contributed by atoms with Gasteiger partial charge in [0.25, 0.3) is 0 Å². The number of hydrogen-bond acceptors (Lipinski definition) is 3. The average Bonchev–Trinajstić information content (AvgIpc) is 2.48. The van der Waals surface area contributed by atoms with Gasteiger partial charge in [0.2, 0.25) is 0 Å². The molecule has 1 aliphatic heterocycles. The first-order valence-corrected chi connectivity index (χ1v) is 6.97. The Balaban J connectivity index is 2.21. The highest BCUT2D eigenvalue weighted by molar-refractivity contribution is 5.94. The van der Waals surface area contributed by atoms with E-state index in [1.165, 1.54) is 5.69 Å². The van der Waals surface area contributed by atoms with E-state index >= 15 is 0 Å². The SMILES string of the molecule is CC(=O)c1ccc(N2CC(C)NCC(C)(C)C2)cc1. The van der Waals surface area contributed by atoms with Gasteiger partial charge in [-0.15, -0.1) is 0 Å². The third-order valence-electron chi connectivity index (χ3n) is 3.68. The summed E-state index contributed by atoms with van der Waals surface area (Å²) >= 11 is 0. The van der Waals surface area contributed by atoms with Crippen molar-refractivity contribution in [2.24, 2.45) is 5.41 Å². The molecule has 104 valence electrons. The summed E-state index contributed by atoms with van der Waals surface area (Å²) in [5.74, 6) is 0.123. The molecule has 0 saturated carbocycles. The topological polar surface area (TPSA) is 32.3 Å². The predicted octanol–water partition coefficient (Wildman–Crippen LogP) is 2.71. The van der Waals surface area contributed by atoms with Gasteiger partial charge in [-0.3, -0.25) is 4.79 Å². The molecule has 1 unspecified atom stereocenters. The first-order valence-electron chi connectivity index (χ1n) is 6.97. The number of carbonyl (C=O) groups excluding carboxylic acids is 1. The second-order valence-corrected chi connectivity index (χ2v) is 6.43. The zero-order valence-electron chi connectivity index (χ0n) is 12.4. The van der Waals surface area contributed by atoms with Crippen molar-refractivity contribution in [1.82, 2.24) is 5.32 Å². The fourth-order valence-electron chi connectivity index (χ4n) is 2.59. The van der Waals surface area contributed by atoms with Gasteiger partial charge < -0.3 is 10.2 Å². The first-order chi connectivity index (χ1) is 8.87. The van der Waals surface area contributed by atoms with Gasteiger partial charge in [0, 0.05) is 36.9 Å². The standard InChI is InChI=1S/C16H24N2O/c1-12-9-18(11-16(3,4)10-17-12)15-7-5-14(6-8-15)13(2)19/h5-8,12,17H,9-11H2,1-4H3. The van der Waals surface area contributed by atoms with Crippen molar-refractivity contribution >= 4 is 11.5 Å². The molecule has 0 bridgehead atoms. The lowest BCUT2D eigenvalue weighted by Gasteiger charge is -2.31. The third kappa shape index (κ3) is 3.57. The maximum atomic E-state index is 11.3. The number of benzene rings is 1. The van der Waals surface area contributed by atoms with Crippen LogP contribution >= 0.6 is 0 Å². The molecule has 1 saturated heterocycles. The Kier molecular flexibility index (Phi) is 3.95. The van der Waals surface area contributed by atoms with Gasteiger partial charge >= 0.3 is 0 Å². The van der Waals surface area contributed by atoms with E-state index in [4.69, 9.17) is 0 Å². The molecule has 2 rings (SSSR count). The van der Waals surface area contributed by atoms with Crippen molar-refractivity contribution in [3.05, 3.63) is 29.8 Å². The van der Waals surface area contributed by atoms with E-state index in [9.17, 15) is 4.79 Å². The maximum absolute atomic E-state index is 11.3. The van der Waals surface area contributed by atoms with Crippen LogP contribution in [0.3, 0.4) is 0 Å². The summed E-state index contributed by atoms with van der Waals surface area (Å²) in [4.78, 5) is 13.7. The van der Waals surface area contributed by atoms with Crippen LogP contribution in [0.1, 0.15) is 38.1 Å². The largest absolute Gasteiger partial charge is 0.369 e. The number of anilines is 1. The highest BCUT2D eigenvalue weighted by Crippen LogP contribution is 2.24. The fourth-order valence-corrected chi connectivity index (χ4v) is 2.59. The van der Waals surface area contributed by atoms with Gasteiger partial charge in [-0.1, -0.05) is 13.8 Å². The molecule has 1 heterocycles. The van der Waals surface area contributed by atoms with Gasteiger partial charge in [-0.05, 0) is 43.5 Å². The zero-order valence-corrected chi connectivity index (χ0v) is 12.4. The monoisotopic (exact) mass is 260 g/mol. The van der Waals surface area contributed by atoms with Crippen molar-refractivity contribution in [3.63, 3.8) is 0 Å². The quantitative estimate of drug-likeness (QED) is 0.830. The molecule has 1 aliphatic rings. The van der Waals surface area contributed by atoms with Crippen LogP contribution in [0.4, 0.5) is 5.69 Å². The van der Waals surface area contributed by atoms with Crippen LogP contribution in [0.5, 0.6) is 0 Å². The summed E-state index contributed by atoms with van der Waals surface area (Å²) in [5.41, 5.74) is 2.24. The molecule has 0 spiro atoms. The number of carbonyl (C=O) groups is 1. The van der Waals surface area contributed by atoms with Crippen LogP contribution in [-0.2, 0) is 0 Å². The number of Topliss-reactive ketones (excluding diaryl/α,β-unsaturated/α-hetero) is 1. The second-order valence-electron chi connectivity index (χ2n) is 6.43. The van der Waals surface area contributed by atoms with E-state index in [1.807, 2.05) is 12.1 Å². The predicted molar refractivity (Wildman–Crippen MR) is 79.9 cm³/mol. The summed E-state index contributed by atoms with van der Waals surface area (Å²) < 4.78 is 0. The van der Waals surface area contributed by atoms with E-state index in [1.54, 1.807) is 6.92 Å². The number of rotatable bonds is 2. The lowest BCUT2D eigenvalue weighted by molar-refractivity contribution is 0.101. The Hall–Kier alpha value is -1.35. The molecular formula is C16H24N2O. The molecule has 0 radical (unpaired) electrons. The minimum absolute atomic E-state index is 0.123. The fraction of sp³-hybridized carbons (Fsp3) is 0.562. The highest BCUT2D eigenvalue weighted by atomic mass is 16.1. The molecule has 1 N–H and O–H groups in total. The Morgan fingerprint density at radius 2 is 1.95 bits per heavy atom. The van der Waals surface area contributed by atoms with E-state index in [-0.39, 0.29) is 11.2 Å². The maximum Gasteiger partial charge on any atom is 0.159 e. The van der Waals surface area contributed by atoms with Gasteiger partial charge in [0.1, 0.15) is 0 Å². The zero-order chi connectivity index (χ0) is 14.0. The van der Waals surface area contributed by atoms with Crippen molar-refractivity contribution in [2.75, 3.05) is 24.5 Å². The van der Waals surface area contributed by atoms with Crippen molar-refractivity contribution in [1.29, 1.82) is 0 Å². The molecule has 1 atom stereocenters. The van der Waals surface area contributed by atoms with Crippen LogP contribution in [0.25, 0.3) is 0 Å². The van der Waals surface area contributed by atoms with E-state index in [2.05, 4.69) is 43.1 Å². The Morgan fingerprint density at radius 3 is 2.53 bits per heavy atom. The highest BCUT2D eigenvalue weighted by Gasteiger charge is 2.27. The summed E-state index contributed by atoms with van der Waals surface area (Å²) in [6.45, 7) is 11.5. The van der Waals surface area contributed by atoms with Gasteiger partial charge in [-0.25, -0.2) is 0 Å². The molecule has 3 nitrogen and oxygen atoms in total. The summed E-state index contributed by atoms with van der Waals surface area (Å²) in [6.07, 6.45) is 0. The van der Waals surface area contributed by atoms with Crippen molar-refractivity contribution in [3.8, 4) is 0 Å². The molecule has 19 heavy (non-hydrogen) atoms. The Labute approximate surface area is 116 Å². The molecule has 1 aromatic carbocycles. The third-order valence-corrected chi connectivity index (χ3v) is 3.68. The molecule has 1 aromatic rings. The Bertz CT molecular complexity index is 450. The first kappa shape index (κ1) is 14.1. The number of hydrogen-bond donors (Lipinski definition) is 1. The minimum Gasteiger partial charge on any atom is -0.369 e. The van der Waals surface area contributed by atoms with Gasteiger partial charge in [-0.2, -0.15) is 0 Å². The number of nitrogens with zero attached hydrogens (tertiary/aromatic N) is 1. The minimum atomic E-state index is 0.123. The summed E-state index contributed by atoms with van der Waals surface area (Å²) in [7, 11) is 0. The smallest absolute Gasteiger partial charge is 0.159 e. The number of ketones is 1. The summed E-state index contributed by atoms with van der Waals surface area (Å²) in [6, 6.07) is 8.45. The molecule has 1 fully saturated rings. The van der Waals surface area contributed by atoms with Crippen molar-refractivity contribution < 1.29 is 4.79 Å². The van der Waals surface area contributed by atoms with Crippen molar-refractivity contribution in [2.45, 2.75) is 33.7 Å². The van der Waals surface area contributed by atoms with Crippen LogP contribution in [0, 0.1) is 5.41 Å². The van der Waals surface area contributed by atoms with E-state index < -0.39 is 0 Å². The molecule has 0 aliphatic carbocycles. The lowest BCUT2D eigenvalue weighted by Crippen LogP contribution is -2.35. The van der Waals surface area contributed by atoms with Crippen LogP contribution in [0.2, 0.25) is 0 Å². The normalized spacial score (nSPS) is 22.9. The van der Waals surface area contributed by atoms with Crippen LogP contribution in [-0.4, -0.2) is 31.5 Å². The molecule has 3 heteroatoms. The van der Waals surface area contributed by atoms with E-state index in [0.717, 1.165) is 25.2 Å².